The van der Waals surface area contributed by atoms with E-state index in [-0.39, 0.29) is 18.0 Å². The molecule has 1 aromatic carbocycles. The lowest BCUT2D eigenvalue weighted by Crippen LogP contribution is -2.56. The zero-order chi connectivity index (χ0) is 15.4. The number of piperazine rings is 1. The highest BCUT2D eigenvalue weighted by Gasteiger charge is 2.29. The second-order valence-electron chi connectivity index (χ2n) is 4.81. The summed E-state index contributed by atoms with van der Waals surface area (Å²) in [6.45, 7) is 1.88. The Bertz CT molecular complexity index is 552. The molecule has 1 aromatic rings. The maximum Gasteiger partial charge on any atom is 0.305 e. The number of nitrogens with zero attached hydrogens (tertiary/aromatic N) is 2. The highest BCUT2D eigenvalue weighted by atomic mass is 19.1. The summed E-state index contributed by atoms with van der Waals surface area (Å²) in [4.78, 5) is 23.7. The van der Waals surface area contributed by atoms with Crippen LogP contribution in [-0.2, 0) is 11.3 Å². The first kappa shape index (κ1) is 15.3. The summed E-state index contributed by atoms with van der Waals surface area (Å²) >= 11 is 0. The van der Waals surface area contributed by atoms with E-state index in [0.717, 1.165) is 6.07 Å². The predicted octanol–water partition coefficient (Wildman–Crippen LogP) is 0.254. The topological polar surface area (TPSA) is 87.5 Å². The van der Waals surface area contributed by atoms with Crippen LogP contribution < -0.4 is 10.6 Å². The van der Waals surface area contributed by atoms with Crippen molar-refractivity contribution in [3.05, 3.63) is 39.7 Å². The van der Waals surface area contributed by atoms with Crippen molar-refractivity contribution in [2.45, 2.75) is 12.6 Å². The van der Waals surface area contributed by atoms with E-state index in [1.54, 1.807) is 7.05 Å². The lowest BCUT2D eigenvalue weighted by atomic mass is 10.1. The highest BCUT2D eigenvalue weighted by Crippen LogP contribution is 2.22. The minimum atomic E-state index is -0.836. The number of halogens is 1. The lowest BCUT2D eigenvalue weighted by molar-refractivity contribution is -0.387. The smallest absolute Gasteiger partial charge is 0.305 e. The van der Waals surface area contributed by atoms with Crippen LogP contribution in [0.1, 0.15) is 5.56 Å². The van der Waals surface area contributed by atoms with Gasteiger partial charge in [-0.3, -0.25) is 19.8 Å². The summed E-state index contributed by atoms with van der Waals surface area (Å²) in [6, 6.07) is 3.67. The molecule has 7 nitrogen and oxygen atoms in total. The van der Waals surface area contributed by atoms with Gasteiger partial charge in [-0.25, -0.2) is 0 Å². The van der Waals surface area contributed by atoms with Gasteiger partial charge in [-0.05, 0) is 0 Å². The Kier molecular flexibility index (Phi) is 4.81. The molecule has 21 heavy (non-hydrogen) atoms. The van der Waals surface area contributed by atoms with Crippen molar-refractivity contribution in [1.29, 1.82) is 0 Å². The van der Waals surface area contributed by atoms with Crippen molar-refractivity contribution in [2.24, 2.45) is 0 Å². The van der Waals surface area contributed by atoms with Crippen LogP contribution in [0.2, 0.25) is 0 Å². The fourth-order valence-electron chi connectivity index (χ4n) is 2.41. The van der Waals surface area contributed by atoms with Crippen LogP contribution in [0.3, 0.4) is 0 Å². The van der Waals surface area contributed by atoms with Gasteiger partial charge in [-0.15, -0.1) is 0 Å². The van der Waals surface area contributed by atoms with Crippen molar-refractivity contribution in [3.8, 4) is 0 Å². The van der Waals surface area contributed by atoms with Gasteiger partial charge in [0, 0.05) is 44.9 Å². The number of benzene rings is 1. The van der Waals surface area contributed by atoms with E-state index in [0.29, 0.717) is 19.6 Å². The van der Waals surface area contributed by atoms with Gasteiger partial charge in [-0.2, -0.15) is 4.39 Å². The van der Waals surface area contributed by atoms with Gasteiger partial charge in [-0.1, -0.05) is 12.1 Å². The summed E-state index contributed by atoms with van der Waals surface area (Å²) < 4.78 is 14.1. The first-order valence-corrected chi connectivity index (χ1v) is 6.62. The van der Waals surface area contributed by atoms with E-state index in [1.807, 2.05) is 4.90 Å². The second-order valence-corrected chi connectivity index (χ2v) is 4.81. The van der Waals surface area contributed by atoms with Crippen molar-refractivity contribution in [1.82, 2.24) is 15.5 Å². The minimum Gasteiger partial charge on any atom is -0.358 e. The highest BCUT2D eigenvalue weighted by molar-refractivity contribution is 5.81. The molecule has 114 valence electrons. The quantitative estimate of drug-likeness (QED) is 0.614. The average Bonchev–Trinajstić information content (AvgIpc) is 2.49. The molecule has 2 rings (SSSR count). The molecule has 0 radical (unpaired) electrons. The minimum absolute atomic E-state index is 0.159. The third-order valence-electron chi connectivity index (χ3n) is 3.53. The van der Waals surface area contributed by atoms with E-state index in [4.69, 9.17) is 0 Å². The SMILES string of the molecule is CNC(=O)C1CNCCN1Cc1cccc([N+](=O)[O-])c1F. The molecule has 0 saturated carbocycles. The normalized spacial score (nSPS) is 19.2. The van der Waals surface area contributed by atoms with Crippen LogP contribution in [0.5, 0.6) is 0 Å². The summed E-state index contributed by atoms with van der Waals surface area (Å²) in [7, 11) is 1.54. The number of nitro benzene ring substituents is 1. The van der Waals surface area contributed by atoms with Gasteiger partial charge in [0.05, 0.1) is 4.92 Å². The molecule has 0 spiro atoms. The molecule has 0 aliphatic carbocycles. The Labute approximate surface area is 121 Å². The Hall–Kier alpha value is -2.06. The van der Waals surface area contributed by atoms with Crippen LogP contribution >= 0.6 is 0 Å². The Morgan fingerprint density at radius 1 is 1.62 bits per heavy atom. The molecule has 1 aliphatic heterocycles. The van der Waals surface area contributed by atoms with Crippen molar-refractivity contribution in [2.75, 3.05) is 26.7 Å². The Morgan fingerprint density at radius 2 is 2.38 bits per heavy atom. The maximum absolute atomic E-state index is 14.1. The zero-order valence-electron chi connectivity index (χ0n) is 11.6. The van der Waals surface area contributed by atoms with Gasteiger partial charge in [0.25, 0.3) is 0 Å². The third kappa shape index (κ3) is 3.34. The molecular weight excluding hydrogens is 279 g/mol. The molecule has 1 fully saturated rings. The molecular formula is C13H17FN4O3. The van der Waals surface area contributed by atoms with Crippen LogP contribution in [0.25, 0.3) is 0 Å². The van der Waals surface area contributed by atoms with Gasteiger partial charge >= 0.3 is 5.69 Å². The van der Waals surface area contributed by atoms with Crippen molar-refractivity contribution in [3.63, 3.8) is 0 Å². The van der Waals surface area contributed by atoms with Gasteiger partial charge < -0.3 is 10.6 Å². The molecule has 0 bridgehead atoms. The monoisotopic (exact) mass is 296 g/mol. The number of nitrogens with one attached hydrogen (secondary N) is 2. The van der Waals surface area contributed by atoms with Crippen LogP contribution in [0, 0.1) is 15.9 Å². The summed E-state index contributed by atoms with van der Waals surface area (Å²) in [5.74, 6) is -0.996. The molecule has 1 saturated heterocycles. The molecule has 1 amide bonds. The number of rotatable bonds is 4. The summed E-state index contributed by atoms with van der Waals surface area (Å²) in [5, 5.41) is 16.4. The Balaban J connectivity index is 2.21. The third-order valence-corrected chi connectivity index (χ3v) is 3.53. The number of nitro groups is 1. The zero-order valence-corrected chi connectivity index (χ0v) is 11.6. The molecule has 8 heteroatoms. The van der Waals surface area contributed by atoms with Crippen LogP contribution in [0.15, 0.2) is 18.2 Å². The van der Waals surface area contributed by atoms with Gasteiger partial charge in [0.1, 0.15) is 6.04 Å². The standard InChI is InChI=1S/C13H17FN4O3/c1-15-13(19)11-7-16-5-6-17(11)8-9-3-2-4-10(12(9)14)18(20)21/h2-4,11,16H,5-8H2,1H3,(H,15,19). The molecule has 0 aromatic heterocycles. The predicted molar refractivity (Wildman–Crippen MR) is 74.2 cm³/mol. The van der Waals surface area contributed by atoms with Crippen LogP contribution in [-0.4, -0.2) is 48.5 Å². The van der Waals surface area contributed by atoms with Crippen LogP contribution in [0.4, 0.5) is 10.1 Å². The van der Waals surface area contributed by atoms with Gasteiger partial charge in [0.15, 0.2) is 0 Å². The van der Waals surface area contributed by atoms with E-state index in [2.05, 4.69) is 10.6 Å². The summed E-state index contributed by atoms with van der Waals surface area (Å²) in [5.41, 5.74) is -0.320. The number of hydrogen-bond donors (Lipinski definition) is 2. The van der Waals surface area contributed by atoms with E-state index < -0.39 is 22.5 Å². The molecule has 1 heterocycles. The van der Waals surface area contributed by atoms with Gasteiger partial charge in [0.2, 0.25) is 11.7 Å². The van der Waals surface area contributed by atoms with E-state index in [9.17, 15) is 19.3 Å². The molecule has 1 aliphatic rings. The number of carbonyl (C=O) groups excluding carboxylic acids is 1. The lowest BCUT2D eigenvalue weighted by Gasteiger charge is -2.34. The average molecular weight is 296 g/mol. The van der Waals surface area contributed by atoms with Crippen molar-refractivity contribution < 1.29 is 14.1 Å². The number of hydrogen-bond acceptors (Lipinski definition) is 5. The largest absolute Gasteiger partial charge is 0.358 e. The fraction of sp³-hybridized carbons (Fsp3) is 0.462. The number of carbonyl (C=O) groups is 1. The van der Waals surface area contributed by atoms with E-state index >= 15 is 0 Å². The number of amides is 1. The molecule has 1 atom stereocenters. The summed E-state index contributed by atoms with van der Waals surface area (Å²) in [6.07, 6.45) is 0. The molecule has 1 unspecified atom stereocenters. The maximum atomic E-state index is 14.1. The first-order valence-electron chi connectivity index (χ1n) is 6.62. The number of likely N-dealkylation sites (N-methyl/N-ethyl adjacent to an activating group) is 1. The second kappa shape index (κ2) is 6.59. The Morgan fingerprint density at radius 3 is 3.05 bits per heavy atom. The fourth-order valence-corrected chi connectivity index (χ4v) is 2.41. The molecule has 2 N–H and O–H groups in total. The van der Waals surface area contributed by atoms with E-state index in [1.165, 1.54) is 12.1 Å². The van der Waals surface area contributed by atoms with Crippen molar-refractivity contribution >= 4 is 11.6 Å². The first-order chi connectivity index (χ1) is 10.0.